The molecule has 1 aromatic carbocycles. The molecule has 2 fully saturated rings. The maximum absolute atomic E-state index is 12.6. The van der Waals surface area contributed by atoms with Gasteiger partial charge in [0.05, 0.1) is 11.5 Å². The van der Waals surface area contributed by atoms with Crippen LogP contribution in [0.25, 0.3) is 0 Å². The zero-order valence-electron chi connectivity index (χ0n) is 16.3. The van der Waals surface area contributed by atoms with E-state index < -0.39 is 11.7 Å². The fourth-order valence-corrected chi connectivity index (χ4v) is 3.96. The second-order valence-electron chi connectivity index (χ2n) is 7.83. The molecule has 160 valence electrons. The summed E-state index contributed by atoms with van der Waals surface area (Å²) in [5, 5.41) is 3.12. The normalized spacial score (nSPS) is 20.9. The van der Waals surface area contributed by atoms with Crippen molar-refractivity contribution in [3.05, 3.63) is 29.8 Å². The maximum atomic E-state index is 12.6. The van der Waals surface area contributed by atoms with Gasteiger partial charge in [-0.15, -0.1) is 0 Å². The number of carbonyl (C=O) groups excluding carboxylic acids is 2. The summed E-state index contributed by atoms with van der Waals surface area (Å²) in [4.78, 5) is 26.6. The largest absolute Gasteiger partial charge is 0.484 e. The summed E-state index contributed by atoms with van der Waals surface area (Å²) in [7, 11) is 0. The van der Waals surface area contributed by atoms with Gasteiger partial charge in [-0.1, -0.05) is 19.3 Å². The van der Waals surface area contributed by atoms with Crippen LogP contribution in [-0.2, 0) is 15.8 Å². The van der Waals surface area contributed by atoms with E-state index >= 15 is 0 Å². The van der Waals surface area contributed by atoms with Crippen LogP contribution in [0.4, 0.5) is 13.2 Å². The van der Waals surface area contributed by atoms with Crippen LogP contribution < -0.4 is 10.1 Å². The number of amides is 2. The fraction of sp³-hybridized carbons (Fsp3) is 0.619. The third-order valence-corrected chi connectivity index (χ3v) is 5.64. The van der Waals surface area contributed by atoms with Crippen LogP contribution in [0.1, 0.15) is 50.5 Å². The van der Waals surface area contributed by atoms with Crippen molar-refractivity contribution in [3.63, 3.8) is 0 Å². The van der Waals surface area contributed by atoms with E-state index in [9.17, 15) is 22.8 Å². The first-order chi connectivity index (χ1) is 13.8. The van der Waals surface area contributed by atoms with E-state index in [0.717, 1.165) is 50.7 Å². The number of nitrogens with one attached hydrogen (secondary N) is 1. The molecule has 1 unspecified atom stereocenters. The third kappa shape index (κ3) is 6.11. The number of benzene rings is 1. The zero-order chi connectivity index (χ0) is 20.9. The molecule has 1 heterocycles. The van der Waals surface area contributed by atoms with E-state index in [1.165, 1.54) is 18.6 Å². The fourth-order valence-electron chi connectivity index (χ4n) is 3.96. The minimum Gasteiger partial charge on any atom is -0.484 e. The Labute approximate surface area is 168 Å². The zero-order valence-corrected chi connectivity index (χ0v) is 16.3. The number of piperidine rings is 1. The van der Waals surface area contributed by atoms with Crippen molar-refractivity contribution < 1.29 is 27.5 Å². The van der Waals surface area contributed by atoms with Gasteiger partial charge in [-0.05, 0) is 49.9 Å². The lowest BCUT2D eigenvalue weighted by Crippen LogP contribution is -2.48. The number of likely N-dealkylation sites (tertiary alicyclic amines) is 1. The van der Waals surface area contributed by atoms with Crippen LogP contribution in [0.15, 0.2) is 24.3 Å². The summed E-state index contributed by atoms with van der Waals surface area (Å²) in [6.07, 6.45) is 2.62. The van der Waals surface area contributed by atoms with Crippen molar-refractivity contribution in [1.82, 2.24) is 10.2 Å². The van der Waals surface area contributed by atoms with E-state index in [0.29, 0.717) is 13.1 Å². The number of hydrogen-bond donors (Lipinski definition) is 1. The van der Waals surface area contributed by atoms with Gasteiger partial charge in [0.15, 0.2) is 6.61 Å². The summed E-state index contributed by atoms with van der Waals surface area (Å²) >= 11 is 0. The molecule has 3 rings (SSSR count). The lowest BCUT2D eigenvalue weighted by Gasteiger charge is -2.33. The van der Waals surface area contributed by atoms with Gasteiger partial charge in [0, 0.05) is 19.1 Å². The Morgan fingerprint density at radius 3 is 2.38 bits per heavy atom. The molecule has 8 heteroatoms. The first-order valence-electron chi connectivity index (χ1n) is 10.2. The highest BCUT2D eigenvalue weighted by molar-refractivity contribution is 5.82. The lowest BCUT2D eigenvalue weighted by molar-refractivity contribution is -0.139. The number of halogens is 3. The molecule has 29 heavy (non-hydrogen) atoms. The Morgan fingerprint density at radius 1 is 1.03 bits per heavy atom. The molecule has 2 amide bonds. The molecular weight excluding hydrogens is 385 g/mol. The van der Waals surface area contributed by atoms with Crippen LogP contribution in [0, 0.1) is 5.92 Å². The number of alkyl halides is 3. The molecule has 1 N–H and O–H groups in total. The van der Waals surface area contributed by atoms with Crippen molar-refractivity contribution in [3.8, 4) is 5.75 Å². The van der Waals surface area contributed by atoms with Crippen molar-refractivity contribution in [2.24, 2.45) is 5.92 Å². The number of ether oxygens (including phenoxy) is 1. The standard InChI is InChI=1S/C21H27F3N2O3/c22-21(23,24)16-8-10-18(11-9-16)29-14-19(27)26-12-4-5-15(13-26)20(28)25-17-6-2-1-3-7-17/h8-11,15,17H,1-7,12-14H2,(H,25,28). The molecule has 1 saturated heterocycles. The second kappa shape index (κ2) is 9.50. The molecule has 0 radical (unpaired) electrons. The van der Waals surface area contributed by atoms with Gasteiger partial charge in [-0.3, -0.25) is 9.59 Å². The monoisotopic (exact) mass is 412 g/mol. The molecule has 1 saturated carbocycles. The van der Waals surface area contributed by atoms with Crippen LogP contribution in [0.2, 0.25) is 0 Å². The van der Waals surface area contributed by atoms with E-state index in [1.807, 2.05) is 0 Å². The van der Waals surface area contributed by atoms with Gasteiger partial charge in [-0.25, -0.2) is 0 Å². The second-order valence-corrected chi connectivity index (χ2v) is 7.83. The molecule has 0 spiro atoms. The molecule has 1 aliphatic carbocycles. The molecule has 0 aromatic heterocycles. The summed E-state index contributed by atoms with van der Waals surface area (Å²) in [5.74, 6) is -0.270. The average molecular weight is 412 g/mol. The van der Waals surface area contributed by atoms with Gasteiger partial charge in [0.1, 0.15) is 5.75 Å². The van der Waals surface area contributed by atoms with Crippen molar-refractivity contribution >= 4 is 11.8 Å². The van der Waals surface area contributed by atoms with Gasteiger partial charge in [-0.2, -0.15) is 13.2 Å². The smallest absolute Gasteiger partial charge is 0.416 e. The molecular formula is C21H27F3N2O3. The summed E-state index contributed by atoms with van der Waals surface area (Å²) in [6, 6.07) is 4.49. The summed E-state index contributed by atoms with van der Waals surface area (Å²) in [5.41, 5.74) is -0.765. The van der Waals surface area contributed by atoms with Gasteiger partial charge >= 0.3 is 6.18 Å². The average Bonchev–Trinajstić information content (AvgIpc) is 2.72. The topological polar surface area (TPSA) is 58.6 Å². The third-order valence-electron chi connectivity index (χ3n) is 5.64. The SMILES string of the molecule is O=C(NC1CCCCC1)C1CCCN(C(=O)COc2ccc(C(F)(F)F)cc2)C1. The van der Waals surface area contributed by atoms with Gasteiger partial charge < -0.3 is 15.0 Å². The van der Waals surface area contributed by atoms with Crippen molar-refractivity contribution in [2.45, 2.75) is 57.2 Å². The lowest BCUT2D eigenvalue weighted by atomic mass is 9.93. The Morgan fingerprint density at radius 2 is 1.72 bits per heavy atom. The first kappa shape index (κ1) is 21.5. The quantitative estimate of drug-likeness (QED) is 0.801. The number of rotatable bonds is 5. The Balaban J connectivity index is 1.47. The molecule has 1 aliphatic heterocycles. The van der Waals surface area contributed by atoms with E-state index in [1.54, 1.807) is 4.90 Å². The van der Waals surface area contributed by atoms with Crippen molar-refractivity contribution in [1.29, 1.82) is 0 Å². The van der Waals surface area contributed by atoms with E-state index in [4.69, 9.17) is 4.74 Å². The number of hydrogen-bond acceptors (Lipinski definition) is 3. The van der Waals surface area contributed by atoms with Crippen LogP contribution in [0.5, 0.6) is 5.75 Å². The summed E-state index contributed by atoms with van der Waals surface area (Å²) < 4.78 is 43.1. The predicted molar refractivity (Wildman–Crippen MR) is 101 cm³/mol. The molecule has 0 bridgehead atoms. The highest BCUT2D eigenvalue weighted by Crippen LogP contribution is 2.30. The number of carbonyl (C=O) groups is 2. The highest BCUT2D eigenvalue weighted by Gasteiger charge is 2.31. The molecule has 1 atom stereocenters. The Bertz CT molecular complexity index is 700. The molecule has 2 aliphatic rings. The number of nitrogens with zero attached hydrogens (tertiary/aromatic N) is 1. The maximum Gasteiger partial charge on any atom is 0.416 e. The Kier molecular flexibility index (Phi) is 7.03. The summed E-state index contributed by atoms with van der Waals surface area (Å²) in [6.45, 7) is 0.651. The minimum absolute atomic E-state index is 0.0121. The van der Waals surface area contributed by atoms with Crippen LogP contribution in [-0.4, -0.2) is 42.5 Å². The van der Waals surface area contributed by atoms with E-state index in [-0.39, 0.29) is 36.1 Å². The van der Waals surface area contributed by atoms with Crippen LogP contribution in [0.3, 0.4) is 0 Å². The molecule has 1 aromatic rings. The van der Waals surface area contributed by atoms with Crippen molar-refractivity contribution in [2.75, 3.05) is 19.7 Å². The van der Waals surface area contributed by atoms with Crippen LogP contribution >= 0.6 is 0 Å². The highest BCUT2D eigenvalue weighted by atomic mass is 19.4. The molecule has 5 nitrogen and oxygen atoms in total. The minimum atomic E-state index is -4.41. The Hall–Kier alpha value is -2.25. The first-order valence-corrected chi connectivity index (χ1v) is 10.2. The predicted octanol–water partition coefficient (Wildman–Crippen LogP) is 3.77. The van der Waals surface area contributed by atoms with E-state index in [2.05, 4.69) is 5.32 Å². The van der Waals surface area contributed by atoms with Gasteiger partial charge in [0.25, 0.3) is 5.91 Å². The van der Waals surface area contributed by atoms with Gasteiger partial charge in [0.2, 0.25) is 5.91 Å².